The second kappa shape index (κ2) is 7.94. The van der Waals surface area contributed by atoms with Crippen LogP contribution in [0.25, 0.3) is 11.3 Å². The minimum atomic E-state index is -0.211. The molecular formula is C17H21N3OS. The molecule has 0 fully saturated rings. The lowest BCUT2D eigenvalue weighted by molar-refractivity contribution is -0.120. The summed E-state index contributed by atoms with van der Waals surface area (Å²) >= 11 is 1.39. The molecule has 1 atom stereocenters. The van der Waals surface area contributed by atoms with Crippen LogP contribution in [0.1, 0.15) is 26.0 Å². The first kappa shape index (κ1) is 16.5. The van der Waals surface area contributed by atoms with E-state index in [1.165, 1.54) is 11.8 Å². The predicted molar refractivity (Wildman–Crippen MR) is 90.8 cm³/mol. The fourth-order valence-electron chi connectivity index (χ4n) is 1.95. The number of hydrogen-bond acceptors (Lipinski definition) is 4. The summed E-state index contributed by atoms with van der Waals surface area (Å²) in [7, 11) is 0. The Bertz CT molecular complexity index is 631. The number of benzene rings is 1. The molecule has 1 amide bonds. The van der Waals surface area contributed by atoms with E-state index < -0.39 is 0 Å². The van der Waals surface area contributed by atoms with Gasteiger partial charge in [-0.05, 0) is 26.3 Å². The Hall–Kier alpha value is -1.88. The summed E-state index contributed by atoms with van der Waals surface area (Å²) in [5.74, 6) is 0.0261. The zero-order valence-corrected chi connectivity index (χ0v) is 14.0. The average molecular weight is 315 g/mol. The van der Waals surface area contributed by atoms with Crippen LogP contribution in [0.4, 0.5) is 0 Å². The molecule has 116 valence electrons. The van der Waals surface area contributed by atoms with Gasteiger partial charge in [0.1, 0.15) is 0 Å². The molecule has 1 heterocycles. The van der Waals surface area contributed by atoms with Gasteiger partial charge < -0.3 is 5.32 Å². The van der Waals surface area contributed by atoms with Crippen molar-refractivity contribution in [2.24, 2.45) is 0 Å². The van der Waals surface area contributed by atoms with Gasteiger partial charge >= 0.3 is 0 Å². The van der Waals surface area contributed by atoms with Crippen molar-refractivity contribution in [1.82, 2.24) is 15.3 Å². The smallest absolute Gasteiger partial charge is 0.233 e. The van der Waals surface area contributed by atoms with Crippen molar-refractivity contribution in [3.63, 3.8) is 0 Å². The Labute approximate surface area is 135 Å². The fourth-order valence-corrected chi connectivity index (χ4v) is 2.81. The zero-order valence-electron chi connectivity index (χ0n) is 13.2. The average Bonchev–Trinajstić information content (AvgIpc) is 2.52. The molecule has 1 aromatic carbocycles. The van der Waals surface area contributed by atoms with Crippen molar-refractivity contribution in [1.29, 1.82) is 0 Å². The molecule has 4 nitrogen and oxygen atoms in total. The van der Waals surface area contributed by atoms with Crippen LogP contribution in [0.5, 0.6) is 0 Å². The molecule has 0 saturated carbocycles. The van der Waals surface area contributed by atoms with Crippen LogP contribution in [0.2, 0.25) is 0 Å². The normalized spacial score (nSPS) is 12.0. The lowest BCUT2D eigenvalue weighted by Crippen LogP contribution is -2.31. The molecule has 0 radical (unpaired) electrons. The predicted octanol–water partition coefficient (Wildman–Crippen LogP) is 3.46. The van der Waals surface area contributed by atoms with E-state index in [2.05, 4.69) is 15.3 Å². The number of nitrogens with one attached hydrogen (secondary N) is 1. The van der Waals surface area contributed by atoms with Gasteiger partial charge in [-0.1, -0.05) is 49.0 Å². The highest BCUT2D eigenvalue weighted by Gasteiger charge is 2.16. The van der Waals surface area contributed by atoms with E-state index in [0.717, 1.165) is 23.4 Å². The molecule has 22 heavy (non-hydrogen) atoms. The van der Waals surface area contributed by atoms with Crippen LogP contribution in [-0.2, 0) is 4.79 Å². The van der Waals surface area contributed by atoms with Gasteiger partial charge in [0, 0.05) is 17.8 Å². The van der Waals surface area contributed by atoms with Gasteiger partial charge in [0.15, 0.2) is 5.16 Å². The molecular weight excluding hydrogens is 294 g/mol. The third kappa shape index (κ3) is 4.56. The monoisotopic (exact) mass is 315 g/mol. The largest absolute Gasteiger partial charge is 0.355 e. The third-order valence-electron chi connectivity index (χ3n) is 3.10. The molecule has 1 N–H and O–H groups in total. The van der Waals surface area contributed by atoms with Crippen molar-refractivity contribution in [2.45, 2.75) is 37.6 Å². The minimum Gasteiger partial charge on any atom is -0.355 e. The van der Waals surface area contributed by atoms with E-state index in [1.54, 1.807) is 0 Å². The second-order valence-electron chi connectivity index (χ2n) is 5.09. The van der Waals surface area contributed by atoms with Gasteiger partial charge in [-0.25, -0.2) is 9.97 Å². The number of amides is 1. The van der Waals surface area contributed by atoms with Gasteiger partial charge in [-0.2, -0.15) is 0 Å². The molecule has 5 heteroatoms. The first-order chi connectivity index (χ1) is 10.6. The highest BCUT2D eigenvalue weighted by molar-refractivity contribution is 8.00. The topological polar surface area (TPSA) is 54.9 Å². The minimum absolute atomic E-state index is 0.0261. The maximum atomic E-state index is 12.0. The summed E-state index contributed by atoms with van der Waals surface area (Å²) in [5, 5.41) is 3.32. The first-order valence-electron chi connectivity index (χ1n) is 7.45. The standard InChI is InChI=1S/C17H21N3OS/c1-4-10-18-16(21)13(3)22-17-19-12(2)11-15(20-17)14-8-6-5-7-9-14/h5-9,11,13H,4,10H2,1-3H3,(H,18,21)/t13-/m0/s1. The summed E-state index contributed by atoms with van der Waals surface area (Å²) in [4.78, 5) is 21.0. The Balaban J connectivity index is 2.15. The van der Waals surface area contributed by atoms with Crippen LogP contribution in [0.15, 0.2) is 41.6 Å². The lowest BCUT2D eigenvalue weighted by atomic mass is 10.1. The summed E-state index contributed by atoms with van der Waals surface area (Å²) in [6.07, 6.45) is 0.933. The number of thioether (sulfide) groups is 1. The molecule has 2 rings (SSSR count). The van der Waals surface area contributed by atoms with Crippen LogP contribution in [0.3, 0.4) is 0 Å². The van der Waals surface area contributed by atoms with Crippen molar-refractivity contribution in [2.75, 3.05) is 6.54 Å². The second-order valence-corrected chi connectivity index (χ2v) is 6.40. The van der Waals surface area contributed by atoms with E-state index in [0.29, 0.717) is 11.7 Å². The Morgan fingerprint density at radius 2 is 2.00 bits per heavy atom. The highest BCUT2D eigenvalue weighted by Crippen LogP contribution is 2.24. The number of hydrogen-bond donors (Lipinski definition) is 1. The van der Waals surface area contributed by atoms with Gasteiger partial charge in [0.05, 0.1) is 10.9 Å². The maximum Gasteiger partial charge on any atom is 0.233 e. The van der Waals surface area contributed by atoms with Crippen molar-refractivity contribution in [3.8, 4) is 11.3 Å². The Morgan fingerprint density at radius 1 is 1.27 bits per heavy atom. The third-order valence-corrected chi connectivity index (χ3v) is 4.06. The number of carbonyl (C=O) groups is 1. The molecule has 0 unspecified atom stereocenters. The van der Waals surface area contributed by atoms with Crippen molar-refractivity contribution >= 4 is 17.7 Å². The van der Waals surface area contributed by atoms with Crippen molar-refractivity contribution in [3.05, 3.63) is 42.1 Å². The highest BCUT2D eigenvalue weighted by atomic mass is 32.2. The Morgan fingerprint density at radius 3 is 2.68 bits per heavy atom. The number of carbonyl (C=O) groups excluding carboxylic acids is 1. The quantitative estimate of drug-likeness (QED) is 0.655. The number of nitrogens with zero attached hydrogens (tertiary/aromatic N) is 2. The van der Waals surface area contributed by atoms with Crippen LogP contribution >= 0.6 is 11.8 Å². The van der Waals surface area contributed by atoms with Gasteiger partial charge in [0.2, 0.25) is 5.91 Å². The molecule has 0 aliphatic heterocycles. The van der Waals surface area contributed by atoms with Gasteiger partial charge in [-0.3, -0.25) is 4.79 Å². The van der Waals surface area contributed by atoms with E-state index in [1.807, 2.05) is 57.2 Å². The summed E-state index contributed by atoms with van der Waals surface area (Å²) in [5.41, 5.74) is 2.84. The summed E-state index contributed by atoms with van der Waals surface area (Å²) in [6.45, 7) is 6.56. The zero-order chi connectivity index (χ0) is 15.9. The fraction of sp³-hybridized carbons (Fsp3) is 0.353. The number of aryl methyl sites for hydroxylation is 1. The maximum absolute atomic E-state index is 12.0. The molecule has 0 spiro atoms. The van der Waals surface area contributed by atoms with E-state index in [-0.39, 0.29) is 11.2 Å². The van der Waals surface area contributed by atoms with Gasteiger partial charge in [-0.15, -0.1) is 0 Å². The molecule has 2 aromatic rings. The number of aromatic nitrogens is 2. The molecule has 0 aliphatic rings. The first-order valence-corrected chi connectivity index (χ1v) is 8.33. The summed E-state index contributed by atoms with van der Waals surface area (Å²) < 4.78 is 0. The molecule has 0 aliphatic carbocycles. The van der Waals surface area contributed by atoms with Gasteiger partial charge in [0.25, 0.3) is 0 Å². The SMILES string of the molecule is CCCNC(=O)[C@H](C)Sc1nc(C)cc(-c2ccccc2)n1. The van der Waals surface area contributed by atoms with E-state index >= 15 is 0 Å². The van der Waals surface area contributed by atoms with Crippen molar-refractivity contribution < 1.29 is 4.79 Å². The Kier molecular flexibility index (Phi) is 5.95. The summed E-state index contributed by atoms with van der Waals surface area (Å²) in [6, 6.07) is 12.0. The van der Waals surface area contributed by atoms with E-state index in [9.17, 15) is 4.79 Å². The van der Waals surface area contributed by atoms with E-state index in [4.69, 9.17) is 0 Å². The molecule has 0 saturated heterocycles. The van der Waals surface area contributed by atoms with Crippen LogP contribution < -0.4 is 5.32 Å². The van der Waals surface area contributed by atoms with Crippen LogP contribution in [0, 0.1) is 6.92 Å². The molecule has 1 aromatic heterocycles. The van der Waals surface area contributed by atoms with Crippen LogP contribution in [-0.4, -0.2) is 27.7 Å². The lowest BCUT2D eigenvalue weighted by Gasteiger charge is -2.11. The molecule has 0 bridgehead atoms. The number of rotatable bonds is 6.